The third-order valence-corrected chi connectivity index (χ3v) is 3.18. The van der Waals surface area contributed by atoms with Gasteiger partial charge < -0.3 is 20.5 Å². The van der Waals surface area contributed by atoms with Crippen LogP contribution in [0, 0.1) is 5.92 Å². The first-order valence-electron chi connectivity index (χ1n) is 6.75. The molecule has 116 valence electrons. The number of esters is 1. The van der Waals surface area contributed by atoms with E-state index in [0.29, 0.717) is 17.2 Å². The van der Waals surface area contributed by atoms with Crippen molar-refractivity contribution in [3.8, 4) is 5.75 Å². The summed E-state index contributed by atoms with van der Waals surface area (Å²) in [6, 6.07) is 4.60. The first kappa shape index (κ1) is 16.8. The zero-order valence-electron chi connectivity index (χ0n) is 12.8. The molecule has 3 N–H and O–H groups in total. The topological polar surface area (TPSA) is 90.6 Å². The Bertz CT molecular complexity index is 514. The second-order valence-corrected chi connectivity index (χ2v) is 5.13. The van der Waals surface area contributed by atoms with Gasteiger partial charge in [-0.1, -0.05) is 13.8 Å². The van der Waals surface area contributed by atoms with Crippen molar-refractivity contribution in [2.45, 2.75) is 26.8 Å². The Balaban J connectivity index is 2.60. The summed E-state index contributed by atoms with van der Waals surface area (Å²) >= 11 is 0. The summed E-state index contributed by atoms with van der Waals surface area (Å²) in [4.78, 5) is 23.1. The fraction of sp³-hybridized carbons (Fsp3) is 0.467. The molecule has 0 spiro atoms. The van der Waals surface area contributed by atoms with E-state index >= 15 is 0 Å². The normalized spacial score (nSPS) is 11.9. The van der Waals surface area contributed by atoms with Gasteiger partial charge in [0.15, 0.2) is 6.61 Å². The Kier molecular flexibility index (Phi) is 6.02. The van der Waals surface area contributed by atoms with Crippen molar-refractivity contribution in [3.05, 3.63) is 23.8 Å². The molecular weight excluding hydrogens is 272 g/mol. The second-order valence-electron chi connectivity index (χ2n) is 5.13. The highest BCUT2D eigenvalue weighted by Crippen LogP contribution is 2.22. The summed E-state index contributed by atoms with van der Waals surface area (Å²) in [5.41, 5.74) is 6.40. The number of nitrogens with one attached hydrogen (secondary N) is 1. The lowest BCUT2D eigenvalue weighted by Crippen LogP contribution is -2.39. The summed E-state index contributed by atoms with van der Waals surface area (Å²) in [7, 11) is 1.29. The van der Waals surface area contributed by atoms with E-state index in [1.165, 1.54) is 19.2 Å². The Morgan fingerprint density at radius 2 is 1.95 bits per heavy atom. The number of amides is 1. The number of methoxy groups -OCH3 is 1. The molecule has 1 aromatic carbocycles. The van der Waals surface area contributed by atoms with Crippen molar-refractivity contribution < 1.29 is 19.1 Å². The van der Waals surface area contributed by atoms with Gasteiger partial charge in [0.25, 0.3) is 5.91 Å². The van der Waals surface area contributed by atoms with Gasteiger partial charge in [0.05, 0.1) is 18.4 Å². The predicted molar refractivity (Wildman–Crippen MR) is 80.1 cm³/mol. The molecule has 1 amide bonds. The van der Waals surface area contributed by atoms with Crippen LogP contribution in [-0.2, 0) is 9.53 Å². The lowest BCUT2D eigenvalue weighted by Gasteiger charge is -2.17. The second kappa shape index (κ2) is 7.52. The van der Waals surface area contributed by atoms with E-state index in [0.717, 1.165) is 0 Å². The van der Waals surface area contributed by atoms with Crippen molar-refractivity contribution in [2.75, 3.05) is 19.5 Å². The molecular formula is C15H22N2O4. The minimum absolute atomic E-state index is 0.0696. The van der Waals surface area contributed by atoms with Crippen LogP contribution in [0.2, 0.25) is 0 Å². The molecule has 1 aromatic rings. The van der Waals surface area contributed by atoms with Gasteiger partial charge in [-0.3, -0.25) is 4.79 Å². The van der Waals surface area contributed by atoms with E-state index in [9.17, 15) is 9.59 Å². The quantitative estimate of drug-likeness (QED) is 0.614. The van der Waals surface area contributed by atoms with Gasteiger partial charge in [-0.15, -0.1) is 0 Å². The van der Waals surface area contributed by atoms with Crippen LogP contribution in [0.4, 0.5) is 5.69 Å². The van der Waals surface area contributed by atoms with Crippen LogP contribution >= 0.6 is 0 Å². The zero-order valence-corrected chi connectivity index (χ0v) is 12.8. The van der Waals surface area contributed by atoms with Gasteiger partial charge in [-0.25, -0.2) is 4.79 Å². The smallest absolute Gasteiger partial charge is 0.337 e. The van der Waals surface area contributed by atoms with Crippen LogP contribution in [0.15, 0.2) is 18.2 Å². The summed E-state index contributed by atoms with van der Waals surface area (Å²) in [5, 5.41) is 2.83. The maximum absolute atomic E-state index is 11.7. The highest BCUT2D eigenvalue weighted by molar-refractivity contribution is 5.91. The predicted octanol–water partition coefficient (Wildman–Crippen LogP) is 1.59. The zero-order chi connectivity index (χ0) is 16.0. The molecule has 0 aliphatic rings. The number of carbonyl (C=O) groups excluding carboxylic acids is 2. The van der Waals surface area contributed by atoms with Crippen LogP contribution < -0.4 is 15.8 Å². The Morgan fingerprint density at radius 1 is 1.29 bits per heavy atom. The molecule has 0 heterocycles. The molecule has 0 saturated carbocycles. The molecule has 0 aliphatic carbocycles. The van der Waals surface area contributed by atoms with E-state index in [2.05, 4.69) is 10.1 Å². The third-order valence-electron chi connectivity index (χ3n) is 3.18. The largest absolute Gasteiger partial charge is 0.482 e. The van der Waals surface area contributed by atoms with Crippen LogP contribution in [-0.4, -0.2) is 31.6 Å². The third kappa shape index (κ3) is 4.98. The lowest BCUT2D eigenvalue weighted by molar-refractivity contribution is -0.123. The fourth-order valence-electron chi connectivity index (χ4n) is 1.53. The molecule has 0 bridgehead atoms. The highest BCUT2D eigenvalue weighted by atomic mass is 16.5. The van der Waals surface area contributed by atoms with Gasteiger partial charge in [-0.2, -0.15) is 0 Å². The standard InChI is InChI=1S/C15H22N2O4/c1-9(2)10(3)17-14(18)8-21-13-6-5-11(7-12(13)16)15(19)20-4/h5-7,9-10H,8,16H2,1-4H3,(H,17,18). The van der Waals surface area contributed by atoms with E-state index in [4.69, 9.17) is 10.5 Å². The fourth-order valence-corrected chi connectivity index (χ4v) is 1.53. The van der Waals surface area contributed by atoms with Gasteiger partial charge in [-0.05, 0) is 31.0 Å². The van der Waals surface area contributed by atoms with Crippen LogP contribution in [0.25, 0.3) is 0 Å². The Hall–Kier alpha value is -2.24. The molecule has 0 aliphatic heterocycles. The highest BCUT2D eigenvalue weighted by Gasteiger charge is 2.13. The maximum Gasteiger partial charge on any atom is 0.337 e. The molecule has 6 heteroatoms. The monoisotopic (exact) mass is 294 g/mol. The number of ether oxygens (including phenoxy) is 2. The van der Waals surface area contributed by atoms with E-state index in [1.807, 2.05) is 20.8 Å². The molecule has 0 saturated heterocycles. The van der Waals surface area contributed by atoms with Gasteiger partial charge in [0.1, 0.15) is 5.75 Å². The SMILES string of the molecule is COC(=O)c1ccc(OCC(=O)NC(C)C(C)C)c(N)c1. The first-order valence-corrected chi connectivity index (χ1v) is 6.75. The minimum Gasteiger partial charge on any atom is -0.482 e. The summed E-state index contributed by atoms with van der Waals surface area (Å²) < 4.78 is 9.95. The number of nitrogen functional groups attached to an aromatic ring is 1. The number of hydrogen-bond acceptors (Lipinski definition) is 5. The van der Waals surface area contributed by atoms with Gasteiger partial charge in [0.2, 0.25) is 0 Å². The molecule has 0 aromatic heterocycles. The van der Waals surface area contributed by atoms with Crippen LogP contribution in [0.3, 0.4) is 0 Å². The average Bonchev–Trinajstić information content (AvgIpc) is 2.44. The maximum atomic E-state index is 11.7. The van der Waals surface area contributed by atoms with E-state index < -0.39 is 5.97 Å². The molecule has 1 atom stereocenters. The number of hydrogen-bond donors (Lipinski definition) is 2. The van der Waals surface area contributed by atoms with Gasteiger partial charge in [0, 0.05) is 6.04 Å². The van der Waals surface area contributed by atoms with Crippen LogP contribution in [0.5, 0.6) is 5.75 Å². The number of anilines is 1. The molecule has 1 rings (SSSR count). The number of benzene rings is 1. The van der Waals surface area contributed by atoms with E-state index in [1.54, 1.807) is 6.07 Å². The van der Waals surface area contributed by atoms with Crippen molar-refractivity contribution in [1.82, 2.24) is 5.32 Å². The lowest BCUT2D eigenvalue weighted by atomic mass is 10.1. The summed E-state index contributed by atoms with van der Waals surface area (Å²) in [6.45, 7) is 5.85. The van der Waals surface area contributed by atoms with Gasteiger partial charge >= 0.3 is 5.97 Å². The molecule has 0 fully saturated rings. The van der Waals surface area contributed by atoms with Crippen molar-refractivity contribution >= 4 is 17.6 Å². The molecule has 0 radical (unpaired) electrons. The molecule has 21 heavy (non-hydrogen) atoms. The minimum atomic E-state index is -0.475. The molecule has 6 nitrogen and oxygen atoms in total. The summed E-state index contributed by atoms with van der Waals surface area (Å²) in [6.07, 6.45) is 0. The number of nitrogens with two attached hydrogens (primary N) is 1. The first-order chi connectivity index (χ1) is 9.85. The van der Waals surface area contributed by atoms with Crippen LogP contribution in [0.1, 0.15) is 31.1 Å². The Morgan fingerprint density at radius 3 is 2.48 bits per heavy atom. The Labute approximate surface area is 124 Å². The van der Waals surface area contributed by atoms with Crippen molar-refractivity contribution in [3.63, 3.8) is 0 Å². The molecule has 1 unspecified atom stereocenters. The summed E-state index contributed by atoms with van der Waals surface area (Å²) in [5.74, 6) is 0.0118. The van der Waals surface area contributed by atoms with E-state index in [-0.39, 0.29) is 24.2 Å². The number of carbonyl (C=O) groups is 2. The van der Waals surface area contributed by atoms with Crippen molar-refractivity contribution in [2.24, 2.45) is 5.92 Å². The van der Waals surface area contributed by atoms with Crippen molar-refractivity contribution in [1.29, 1.82) is 0 Å². The average molecular weight is 294 g/mol. The number of rotatable bonds is 6.